The summed E-state index contributed by atoms with van der Waals surface area (Å²) in [6, 6.07) is 0. The molecule has 0 aliphatic heterocycles. The van der Waals surface area contributed by atoms with Gasteiger partial charge in [0.2, 0.25) is 0 Å². The normalized spacial score (nSPS) is 27.9. The molecule has 0 bridgehead atoms. The van der Waals surface area contributed by atoms with Gasteiger partial charge >= 0.3 is 0 Å². The summed E-state index contributed by atoms with van der Waals surface area (Å²) >= 11 is 0. The molecule has 0 heterocycles. The lowest BCUT2D eigenvalue weighted by molar-refractivity contribution is 0.454. The highest BCUT2D eigenvalue weighted by atomic mass is 14.3. The molecule has 2 fully saturated rings. The molecule has 2 saturated carbocycles. The van der Waals surface area contributed by atoms with Crippen molar-refractivity contribution >= 4 is 0 Å². The number of allylic oxidation sites excluding steroid dienone is 4. The molecule has 1 radical (unpaired) electrons. The summed E-state index contributed by atoms with van der Waals surface area (Å²) in [6.07, 6.45) is 26.1. The highest BCUT2D eigenvalue weighted by molar-refractivity contribution is 5.32. The van der Waals surface area contributed by atoms with Crippen molar-refractivity contribution in [2.24, 2.45) is 11.8 Å². The van der Waals surface area contributed by atoms with Crippen LogP contribution >= 0.6 is 0 Å². The van der Waals surface area contributed by atoms with Crippen molar-refractivity contribution in [2.45, 2.75) is 83.5 Å². The average molecular weight is 271 g/mol. The van der Waals surface area contributed by atoms with E-state index >= 15 is 0 Å². The van der Waals surface area contributed by atoms with Crippen molar-refractivity contribution in [3.05, 3.63) is 29.7 Å². The molecular formula is C20H31. The molecule has 0 unspecified atom stereocenters. The van der Waals surface area contributed by atoms with Crippen LogP contribution in [0.5, 0.6) is 0 Å². The standard InChI is InChI=1S/C20H31/c1-2-6-11-17(10-5-1)19-14-9-15-20(16-19)18-12-7-3-4-8-13-18/h9,14-15,17-18H,1-8,10-13,16H2. The first kappa shape index (κ1) is 14.4. The minimum absolute atomic E-state index is 0.906. The van der Waals surface area contributed by atoms with Crippen molar-refractivity contribution in [1.82, 2.24) is 0 Å². The zero-order valence-electron chi connectivity index (χ0n) is 13.1. The van der Waals surface area contributed by atoms with Crippen LogP contribution in [0.2, 0.25) is 0 Å². The Morgan fingerprint density at radius 3 is 1.80 bits per heavy atom. The molecule has 0 spiro atoms. The number of hydrogen-bond donors (Lipinski definition) is 0. The molecule has 3 aliphatic carbocycles. The predicted molar refractivity (Wildman–Crippen MR) is 87.5 cm³/mol. The molecule has 0 amide bonds. The Labute approximate surface area is 125 Å². The van der Waals surface area contributed by atoms with Crippen LogP contribution in [0.15, 0.2) is 23.8 Å². The Bertz CT molecular complexity index is 333. The zero-order chi connectivity index (χ0) is 13.6. The molecule has 20 heavy (non-hydrogen) atoms. The fourth-order valence-corrected chi connectivity index (χ4v) is 4.51. The highest BCUT2D eigenvalue weighted by Crippen LogP contribution is 2.40. The van der Waals surface area contributed by atoms with Crippen molar-refractivity contribution in [1.29, 1.82) is 0 Å². The lowest BCUT2D eigenvalue weighted by atomic mass is 9.76. The maximum absolute atomic E-state index is 2.45. The SMILES string of the molecule is C1=C[C](C2CCCCCC2)CC(C2CCCCCC2)=C1. The summed E-state index contributed by atoms with van der Waals surface area (Å²) in [5, 5.41) is 0. The van der Waals surface area contributed by atoms with E-state index in [0.717, 1.165) is 11.8 Å². The monoisotopic (exact) mass is 271 g/mol. The molecule has 3 rings (SSSR count). The second-order valence-corrected chi connectivity index (χ2v) is 7.23. The van der Waals surface area contributed by atoms with E-state index in [-0.39, 0.29) is 0 Å². The summed E-state index contributed by atoms with van der Waals surface area (Å²) < 4.78 is 0. The quantitative estimate of drug-likeness (QED) is 0.511. The van der Waals surface area contributed by atoms with E-state index in [1.54, 1.807) is 11.5 Å². The Hall–Kier alpha value is -0.520. The van der Waals surface area contributed by atoms with Gasteiger partial charge in [-0.1, -0.05) is 75.2 Å². The molecule has 0 nitrogen and oxygen atoms in total. The summed E-state index contributed by atoms with van der Waals surface area (Å²) in [4.78, 5) is 0. The molecule has 0 saturated heterocycles. The van der Waals surface area contributed by atoms with Gasteiger partial charge in [0, 0.05) is 5.92 Å². The molecule has 0 aromatic heterocycles. The van der Waals surface area contributed by atoms with Gasteiger partial charge < -0.3 is 0 Å². The number of hydrogen-bond acceptors (Lipinski definition) is 0. The fourth-order valence-electron chi connectivity index (χ4n) is 4.51. The molecule has 0 N–H and O–H groups in total. The van der Waals surface area contributed by atoms with Gasteiger partial charge in [-0.15, -0.1) is 0 Å². The third-order valence-electron chi connectivity index (χ3n) is 5.79. The Morgan fingerprint density at radius 2 is 1.20 bits per heavy atom. The van der Waals surface area contributed by atoms with Gasteiger partial charge in [0.1, 0.15) is 0 Å². The van der Waals surface area contributed by atoms with E-state index in [4.69, 9.17) is 0 Å². The minimum Gasteiger partial charge on any atom is -0.0768 e. The van der Waals surface area contributed by atoms with E-state index in [2.05, 4.69) is 18.2 Å². The summed E-state index contributed by atoms with van der Waals surface area (Å²) in [7, 11) is 0. The predicted octanol–water partition coefficient (Wildman–Crippen LogP) is 6.39. The van der Waals surface area contributed by atoms with Crippen LogP contribution in [-0.4, -0.2) is 0 Å². The summed E-state index contributed by atoms with van der Waals surface area (Å²) in [6.45, 7) is 0. The van der Waals surface area contributed by atoms with E-state index in [1.807, 2.05) is 0 Å². The largest absolute Gasteiger partial charge is 0.0768 e. The van der Waals surface area contributed by atoms with E-state index in [1.165, 1.54) is 83.5 Å². The Kier molecular flexibility index (Phi) is 5.39. The molecule has 0 heteroatoms. The van der Waals surface area contributed by atoms with Gasteiger partial charge in [-0.05, 0) is 43.9 Å². The van der Waals surface area contributed by atoms with Gasteiger partial charge in [0.15, 0.2) is 0 Å². The fraction of sp³-hybridized carbons (Fsp3) is 0.750. The maximum Gasteiger partial charge on any atom is 0.00471 e. The van der Waals surface area contributed by atoms with Gasteiger partial charge in [-0.3, -0.25) is 0 Å². The topological polar surface area (TPSA) is 0 Å². The second kappa shape index (κ2) is 7.48. The van der Waals surface area contributed by atoms with Crippen LogP contribution in [0.3, 0.4) is 0 Å². The Morgan fingerprint density at radius 1 is 0.650 bits per heavy atom. The van der Waals surface area contributed by atoms with E-state index < -0.39 is 0 Å². The van der Waals surface area contributed by atoms with Crippen LogP contribution < -0.4 is 0 Å². The van der Waals surface area contributed by atoms with Gasteiger partial charge in [0.25, 0.3) is 0 Å². The summed E-state index contributed by atoms with van der Waals surface area (Å²) in [5.74, 6) is 3.58. The summed E-state index contributed by atoms with van der Waals surface area (Å²) in [5.41, 5.74) is 1.77. The van der Waals surface area contributed by atoms with Crippen molar-refractivity contribution in [3.63, 3.8) is 0 Å². The lowest BCUT2D eigenvalue weighted by Crippen LogP contribution is -2.16. The van der Waals surface area contributed by atoms with Gasteiger partial charge in [0.05, 0.1) is 0 Å². The van der Waals surface area contributed by atoms with Crippen LogP contribution in [-0.2, 0) is 0 Å². The molecule has 0 atom stereocenters. The molecule has 0 aromatic carbocycles. The second-order valence-electron chi connectivity index (χ2n) is 7.23. The van der Waals surface area contributed by atoms with Crippen molar-refractivity contribution in [3.8, 4) is 0 Å². The molecule has 111 valence electrons. The van der Waals surface area contributed by atoms with Crippen LogP contribution in [0.25, 0.3) is 0 Å². The molecular weight excluding hydrogens is 240 g/mol. The smallest absolute Gasteiger partial charge is 0.00471 e. The first-order chi connectivity index (χ1) is 9.93. The Balaban J connectivity index is 1.60. The third-order valence-corrected chi connectivity index (χ3v) is 5.79. The van der Waals surface area contributed by atoms with Crippen molar-refractivity contribution in [2.75, 3.05) is 0 Å². The average Bonchev–Trinajstić information content (AvgIpc) is 2.92. The van der Waals surface area contributed by atoms with E-state index in [9.17, 15) is 0 Å². The molecule has 0 aromatic rings. The van der Waals surface area contributed by atoms with Crippen LogP contribution in [0, 0.1) is 17.8 Å². The minimum atomic E-state index is 0.906. The van der Waals surface area contributed by atoms with Gasteiger partial charge in [-0.2, -0.15) is 0 Å². The molecule has 3 aliphatic rings. The first-order valence-electron chi connectivity index (χ1n) is 9.16. The van der Waals surface area contributed by atoms with Crippen LogP contribution in [0.4, 0.5) is 0 Å². The van der Waals surface area contributed by atoms with Gasteiger partial charge in [-0.25, -0.2) is 0 Å². The zero-order valence-corrected chi connectivity index (χ0v) is 13.1. The maximum atomic E-state index is 2.45. The highest BCUT2D eigenvalue weighted by Gasteiger charge is 2.26. The van der Waals surface area contributed by atoms with Crippen molar-refractivity contribution < 1.29 is 0 Å². The first-order valence-corrected chi connectivity index (χ1v) is 9.16. The lowest BCUT2D eigenvalue weighted by Gasteiger charge is -2.29. The number of rotatable bonds is 2. The third kappa shape index (κ3) is 3.77. The van der Waals surface area contributed by atoms with Crippen LogP contribution in [0.1, 0.15) is 83.5 Å². The van der Waals surface area contributed by atoms with E-state index in [0.29, 0.717) is 0 Å².